The first-order chi connectivity index (χ1) is 12.0. The Balaban J connectivity index is 4.52. The summed E-state index contributed by atoms with van der Waals surface area (Å²) in [5.74, 6) is -1.39. The molecule has 0 aliphatic rings. The molecule has 0 saturated carbocycles. The largest absolute Gasteiger partial charge is 0.345 e. The van der Waals surface area contributed by atoms with E-state index < -0.39 is 11.8 Å². The third-order valence-corrected chi connectivity index (χ3v) is 3.86. The normalized spacial score (nSPS) is 9.92. The highest BCUT2D eigenvalue weighted by Crippen LogP contribution is 1.96. The van der Waals surface area contributed by atoms with E-state index in [0.717, 1.165) is 4.90 Å². The average molecular weight is 371 g/mol. The van der Waals surface area contributed by atoms with Crippen LogP contribution in [-0.4, -0.2) is 123 Å². The number of hydrogen-bond acceptors (Lipinski definition) is 5. The zero-order chi connectivity index (χ0) is 20.4. The SMILES string of the molecule is CCN(C)C(=O)CN(C)C(=O)CN(C)C(=O)CN(C)C(=O)CN(C)C=O. The van der Waals surface area contributed by atoms with E-state index in [1.807, 2.05) is 6.92 Å². The summed E-state index contributed by atoms with van der Waals surface area (Å²) in [6.07, 6.45) is 0.519. The highest BCUT2D eigenvalue weighted by atomic mass is 16.2. The number of nitrogens with zero attached hydrogens (tertiary/aromatic N) is 5. The average Bonchev–Trinajstić information content (AvgIpc) is 2.59. The maximum Gasteiger partial charge on any atom is 0.242 e. The van der Waals surface area contributed by atoms with Crippen molar-refractivity contribution in [3.05, 3.63) is 0 Å². The molecule has 0 unspecified atom stereocenters. The molecule has 5 amide bonds. The van der Waals surface area contributed by atoms with Crippen LogP contribution in [0.4, 0.5) is 0 Å². The standard InChI is InChI=1S/C16H29N5O5/c1-7-18(3)14(24)9-20(5)16(26)11-21(6)15(25)10-19(4)13(23)8-17(2)12-22/h12H,7-11H2,1-6H3. The lowest BCUT2D eigenvalue weighted by Crippen LogP contribution is -2.47. The number of hydrogen-bond donors (Lipinski definition) is 0. The van der Waals surface area contributed by atoms with Crippen molar-refractivity contribution in [3.63, 3.8) is 0 Å². The van der Waals surface area contributed by atoms with Crippen molar-refractivity contribution in [1.29, 1.82) is 0 Å². The van der Waals surface area contributed by atoms with Gasteiger partial charge in [0.05, 0.1) is 26.2 Å². The molecule has 0 aliphatic heterocycles. The van der Waals surface area contributed by atoms with Gasteiger partial charge in [0.1, 0.15) is 0 Å². The van der Waals surface area contributed by atoms with Crippen molar-refractivity contribution < 1.29 is 24.0 Å². The molecule has 148 valence electrons. The van der Waals surface area contributed by atoms with Gasteiger partial charge in [0.15, 0.2) is 0 Å². The fourth-order valence-corrected chi connectivity index (χ4v) is 1.78. The molecule has 0 aromatic heterocycles. The molecule has 0 aromatic carbocycles. The molecule has 0 radical (unpaired) electrons. The van der Waals surface area contributed by atoms with Gasteiger partial charge in [-0.2, -0.15) is 0 Å². The predicted molar refractivity (Wildman–Crippen MR) is 94.9 cm³/mol. The number of carbonyl (C=O) groups excluding carboxylic acids is 5. The summed E-state index contributed by atoms with van der Waals surface area (Å²) >= 11 is 0. The molecular formula is C16H29N5O5. The molecule has 26 heavy (non-hydrogen) atoms. The molecule has 0 heterocycles. The van der Waals surface area contributed by atoms with Crippen LogP contribution >= 0.6 is 0 Å². The molecule has 0 bridgehead atoms. The quantitative estimate of drug-likeness (QED) is 0.411. The van der Waals surface area contributed by atoms with Crippen LogP contribution in [0.1, 0.15) is 6.92 Å². The van der Waals surface area contributed by atoms with E-state index in [0.29, 0.717) is 13.0 Å². The Bertz CT molecular complexity index is 539. The predicted octanol–water partition coefficient (Wildman–Crippen LogP) is -2.07. The smallest absolute Gasteiger partial charge is 0.242 e. The molecule has 0 aliphatic carbocycles. The third-order valence-electron chi connectivity index (χ3n) is 3.86. The Kier molecular flexibility index (Phi) is 9.93. The zero-order valence-corrected chi connectivity index (χ0v) is 16.4. The van der Waals surface area contributed by atoms with Crippen molar-refractivity contribution in [1.82, 2.24) is 24.5 Å². The van der Waals surface area contributed by atoms with Gasteiger partial charge in [0, 0.05) is 41.8 Å². The van der Waals surface area contributed by atoms with Gasteiger partial charge in [-0.15, -0.1) is 0 Å². The molecule has 10 heteroatoms. The second-order valence-electron chi connectivity index (χ2n) is 6.18. The van der Waals surface area contributed by atoms with Crippen LogP contribution in [0.5, 0.6) is 0 Å². The minimum atomic E-state index is -0.423. The van der Waals surface area contributed by atoms with Crippen LogP contribution in [0.2, 0.25) is 0 Å². The third kappa shape index (κ3) is 7.95. The van der Waals surface area contributed by atoms with Gasteiger partial charge in [-0.25, -0.2) is 0 Å². The van der Waals surface area contributed by atoms with Crippen LogP contribution in [0, 0.1) is 0 Å². The Morgan fingerprint density at radius 2 is 0.923 bits per heavy atom. The van der Waals surface area contributed by atoms with E-state index >= 15 is 0 Å². The van der Waals surface area contributed by atoms with Crippen LogP contribution in [0.3, 0.4) is 0 Å². The highest BCUT2D eigenvalue weighted by molar-refractivity contribution is 5.90. The van der Waals surface area contributed by atoms with Gasteiger partial charge in [0.2, 0.25) is 30.0 Å². The van der Waals surface area contributed by atoms with Gasteiger partial charge in [-0.3, -0.25) is 24.0 Å². The second-order valence-corrected chi connectivity index (χ2v) is 6.18. The molecule has 0 saturated heterocycles. The van der Waals surface area contributed by atoms with Crippen molar-refractivity contribution in [2.24, 2.45) is 0 Å². The van der Waals surface area contributed by atoms with Gasteiger partial charge in [0.25, 0.3) is 0 Å². The van der Waals surface area contributed by atoms with Crippen LogP contribution in [0.15, 0.2) is 0 Å². The summed E-state index contributed by atoms with van der Waals surface area (Å²) in [4.78, 5) is 64.8. The summed E-state index contributed by atoms with van der Waals surface area (Å²) in [6, 6.07) is 0. The molecule has 0 atom stereocenters. The number of rotatable bonds is 10. The lowest BCUT2D eigenvalue weighted by atomic mass is 10.4. The summed E-state index contributed by atoms with van der Waals surface area (Å²) in [5.41, 5.74) is 0. The zero-order valence-electron chi connectivity index (χ0n) is 16.4. The van der Waals surface area contributed by atoms with Crippen molar-refractivity contribution in [3.8, 4) is 0 Å². The van der Waals surface area contributed by atoms with E-state index in [-0.39, 0.29) is 38.0 Å². The van der Waals surface area contributed by atoms with Crippen LogP contribution < -0.4 is 0 Å². The summed E-state index contributed by atoms with van der Waals surface area (Å²) in [5, 5.41) is 0. The van der Waals surface area contributed by atoms with E-state index in [2.05, 4.69) is 0 Å². The van der Waals surface area contributed by atoms with Gasteiger partial charge in [-0.1, -0.05) is 0 Å². The Morgan fingerprint density at radius 1 is 0.615 bits per heavy atom. The molecule has 10 nitrogen and oxygen atoms in total. The van der Waals surface area contributed by atoms with E-state index in [1.165, 1.54) is 47.8 Å². The highest BCUT2D eigenvalue weighted by Gasteiger charge is 2.21. The minimum absolute atomic E-state index is 0.0678. The Morgan fingerprint density at radius 3 is 1.23 bits per heavy atom. The first-order valence-corrected chi connectivity index (χ1v) is 8.14. The fourth-order valence-electron chi connectivity index (χ4n) is 1.78. The van der Waals surface area contributed by atoms with E-state index in [1.54, 1.807) is 7.05 Å². The van der Waals surface area contributed by atoms with Crippen molar-refractivity contribution in [2.75, 3.05) is 68.0 Å². The van der Waals surface area contributed by atoms with E-state index in [4.69, 9.17) is 0 Å². The summed E-state index contributed by atoms with van der Waals surface area (Å²) in [7, 11) is 7.49. The van der Waals surface area contributed by atoms with Gasteiger partial charge < -0.3 is 24.5 Å². The molecule has 0 spiro atoms. The summed E-state index contributed by atoms with van der Waals surface area (Å²) in [6.45, 7) is 1.76. The molecule has 0 rings (SSSR count). The minimum Gasteiger partial charge on any atom is -0.345 e. The van der Waals surface area contributed by atoms with Gasteiger partial charge in [-0.05, 0) is 6.92 Å². The fraction of sp³-hybridized carbons (Fsp3) is 0.688. The van der Waals surface area contributed by atoms with E-state index in [9.17, 15) is 24.0 Å². The van der Waals surface area contributed by atoms with Crippen molar-refractivity contribution in [2.45, 2.75) is 6.92 Å². The van der Waals surface area contributed by atoms with Gasteiger partial charge >= 0.3 is 0 Å². The lowest BCUT2D eigenvalue weighted by molar-refractivity contribution is -0.144. The molecule has 0 fully saturated rings. The maximum absolute atomic E-state index is 12.2. The monoisotopic (exact) mass is 371 g/mol. The molecule has 0 N–H and O–H groups in total. The molecule has 0 aromatic rings. The van der Waals surface area contributed by atoms with Crippen molar-refractivity contribution >= 4 is 30.0 Å². The lowest BCUT2D eigenvalue weighted by Gasteiger charge is -2.25. The summed E-state index contributed by atoms with van der Waals surface area (Å²) < 4.78 is 0. The number of amides is 5. The first-order valence-electron chi connectivity index (χ1n) is 8.14. The van der Waals surface area contributed by atoms with Crippen LogP contribution in [0.25, 0.3) is 0 Å². The second kappa shape index (κ2) is 11.1. The Hall–Kier alpha value is -2.65. The molecular weight excluding hydrogens is 342 g/mol. The van der Waals surface area contributed by atoms with Crippen LogP contribution in [-0.2, 0) is 24.0 Å². The number of carbonyl (C=O) groups is 5. The maximum atomic E-state index is 12.2. The first kappa shape index (κ1) is 23.4. The Labute approximate surface area is 154 Å². The topological polar surface area (TPSA) is 102 Å². The number of likely N-dealkylation sites (N-methyl/N-ethyl adjacent to an activating group) is 5.